The van der Waals surface area contributed by atoms with Gasteiger partial charge in [-0.25, -0.2) is 14.1 Å². The molecule has 0 unspecified atom stereocenters. The molecule has 0 bridgehead atoms. The number of carbonyl (C=O) groups is 2. The highest BCUT2D eigenvalue weighted by molar-refractivity contribution is 7.80. The van der Waals surface area contributed by atoms with Gasteiger partial charge in [0.25, 0.3) is 11.1 Å². The van der Waals surface area contributed by atoms with Crippen molar-refractivity contribution in [2.24, 2.45) is 0 Å². The van der Waals surface area contributed by atoms with Gasteiger partial charge in [-0.15, -0.1) is 0 Å². The molecule has 44 heavy (non-hydrogen) atoms. The van der Waals surface area contributed by atoms with Crippen LogP contribution in [0.2, 0.25) is 0 Å². The summed E-state index contributed by atoms with van der Waals surface area (Å²) >= 11 is 5.25. The van der Waals surface area contributed by atoms with Crippen LogP contribution in [-0.4, -0.2) is 40.8 Å². The number of benzene rings is 4. The quantitative estimate of drug-likeness (QED) is 0.222. The maximum atomic E-state index is 16.4. The van der Waals surface area contributed by atoms with Gasteiger partial charge in [-0.3, -0.25) is 4.79 Å². The number of hydrogen-bond donors (Lipinski definition) is 1. The van der Waals surface area contributed by atoms with Crippen molar-refractivity contribution < 1.29 is 32.9 Å². The summed E-state index contributed by atoms with van der Waals surface area (Å²) in [5, 5.41) is 2.73. The summed E-state index contributed by atoms with van der Waals surface area (Å²) < 4.78 is 39.4. The van der Waals surface area contributed by atoms with E-state index in [0.29, 0.717) is 6.42 Å². The third kappa shape index (κ3) is 6.35. The average Bonchev–Trinajstić information content (AvgIpc) is 3.62. The Labute approximate surface area is 259 Å². The number of hydrogen-bond acceptors (Lipinski definition) is 7. The number of nitrogens with zero attached hydrogens (tertiary/aromatic N) is 1. The van der Waals surface area contributed by atoms with Crippen LogP contribution in [0.5, 0.6) is 11.5 Å². The molecule has 6 rings (SSSR count). The number of halogens is 1. The Morgan fingerprint density at radius 1 is 0.864 bits per heavy atom. The normalized spacial score (nSPS) is 19.2. The first-order valence-corrected chi connectivity index (χ1v) is 14.6. The number of rotatable bonds is 10. The van der Waals surface area contributed by atoms with Crippen molar-refractivity contribution in [3.05, 3.63) is 131 Å². The van der Waals surface area contributed by atoms with Crippen molar-refractivity contribution in [1.29, 1.82) is 0 Å². The average molecular weight is 613 g/mol. The monoisotopic (exact) mass is 612 g/mol. The minimum absolute atomic E-state index is 0.0259. The Morgan fingerprint density at radius 3 is 2.09 bits per heavy atom. The van der Waals surface area contributed by atoms with Crippen LogP contribution in [0.3, 0.4) is 0 Å². The number of nitrogens with one attached hydrogen (secondary N) is 1. The van der Waals surface area contributed by atoms with Gasteiger partial charge in [-0.2, -0.15) is 0 Å². The zero-order valence-corrected chi connectivity index (χ0v) is 24.4. The van der Waals surface area contributed by atoms with E-state index in [4.69, 9.17) is 31.2 Å². The molecule has 2 aliphatic rings. The van der Waals surface area contributed by atoms with E-state index in [-0.39, 0.29) is 42.1 Å². The van der Waals surface area contributed by atoms with Gasteiger partial charge < -0.3 is 24.3 Å². The number of amides is 2. The van der Waals surface area contributed by atoms with E-state index in [9.17, 15) is 9.59 Å². The first-order valence-electron chi connectivity index (χ1n) is 14.1. The third-order valence-electron chi connectivity index (χ3n) is 7.45. The summed E-state index contributed by atoms with van der Waals surface area (Å²) in [6.07, 6.45) is -1.55. The van der Waals surface area contributed by atoms with Crippen molar-refractivity contribution in [1.82, 2.24) is 10.2 Å². The van der Waals surface area contributed by atoms with E-state index in [0.717, 1.165) is 21.6 Å². The van der Waals surface area contributed by atoms with Gasteiger partial charge in [0.2, 0.25) is 0 Å². The standard InChI is InChI=1S/C34H29FN2O6S/c35-28-26(16-17-27(40-19-23-12-6-2-7-13-23)31(28)41-20-24-14-8-3-9-15-24)30-29(36-33(44)43-30)32(38)37-25(21-42-34(37)39)18-22-10-4-1-5-11-22/h1-17,25,29-30H,18-21H2,(H,36,44)/t25-,29-,30+/m0/s1. The van der Waals surface area contributed by atoms with Gasteiger partial charge in [0.1, 0.15) is 19.8 Å². The Kier molecular flexibility index (Phi) is 8.69. The molecule has 2 aliphatic heterocycles. The molecule has 2 heterocycles. The summed E-state index contributed by atoms with van der Waals surface area (Å²) in [6, 6.07) is 29.6. The molecule has 10 heteroatoms. The fraction of sp³-hybridized carbons (Fsp3) is 0.206. The summed E-state index contributed by atoms with van der Waals surface area (Å²) in [6.45, 7) is 0.309. The minimum atomic E-state index is -1.18. The molecule has 0 aliphatic carbocycles. The maximum Gasteiger partial charge on any atom is 0.417 e. The Bertz CT molecular complexity index is 1640. The maximum absolute atomic E-state index is 16.4. The van der Waals surface area contributed by atoms with E-state index in [2.05, 4.69) is 5.32 Å². The summed E-state index contributed by atoms with van der Waals surface area (Å²) in [5.74, 6) is -1.33. The fourth-order valence-electron chi connectivity index (χ4n) is 5.26. The lowest BCUT2D eigenvalue weighted by molar-refractivity contribution is -0.132. The Balaban J connectivity index is 1.29. The second kappa shape index (κ2) is 13.1. The molecular formula is C34H29FN2O6S. The van der Waals surface area contributed by atoms with Crippen molar-refractivity contribution >= 4 is 29.4 Å². The lowest BCUT2D eigenvalue weighted by atomic mass is 9.99. The number of thiocarbonyl (C=S) groups is 1. The van der Waals surface area contributed by atoms with Crippen LogP contribution in [0.15, 0.2) is 103 Å². The predicted octanol–water partition coefficient (Wildman–Crippen LogP) is 5.89. The number of imide groups is 1. The van der Waals surface area contributed by atoms with Gasteiger partial charge in [0.15, 0.2) is 29.5 Å². The fourth-order valence-corrected chi connectivity index (χ4v) is 5.49. The molecule has 2 amide bonds. The van der Waals surface area contributed by atoms with E-state index in [1.807, 2.05) is 91.0 Å². The molecular weight excluding hydrogens is 583 g/mol. The van der Waals surface area contributed by atoms with Crippen molar-refractivity contribution in [2.45, 2.75) is 37.8 Å². The second-order valence-electron chi connectivity index (χ2n) is 10.4. The predicted molar refractivity (Wildman–Crippen MR) is 163 cm³/mol. The molecule has 8 nitrogen and oxygen atoms in total. The molecule has 0 aromatic heterocycles. The highest BCUT2D eigenvalue weighted by atomic mass is 32.1. The first-order chi connectivity index (χ1) is 21.5. The van der Waals surface area contributed by atoms with Gasteiger partial charge in [0, 0.05) is 5.56 Å². The first kappa shape index (κ1) is 29.1. The SMILES string of the molecule is O=C1OC[C@H](Cc2ccccc2)N1C(=O)[C@H]1NC(=S)O[C@@H]1c1ccc(OCc2ccccc2)c(OCc2ccccc2)c1F. The zero-order chi connectivity index (χ0) is 30.5. The molecule has 3 atom stereocenters. The van der Waals surface area contributed by atoms with E-state index >= 15 is 4.39 Å². The third-order valence-corrected chi connectivity index (χ3v) is 7.66. The second-order valence-corrected chi connectivity index (χ2v) is 10.8. The van der Waals surface area contributed by atoms with Crippen molar-refractivity contribution in [2.75, 3.05) is 6.61 Å². The molecule has 4 aromatic carbocycles. The molecule has 1 N–H and O–H groups in total. The number of cyclic esters (lactones) is 1. The van der Waals surface area contributed by atoms with Crippen LogP contribution in [0.1, 0.15) is 28.4 Å². The van der Waals surface area contributed by atoms with E-state index < -0.39 is 36.0 Å². The van der Waals surface area contributed by atoms with Crippen molar-refractivity contribution in [3.8, 4) is 11.5 Å². The smallest absolute Gasteiger partial charge is 0.417 e. The van der Waals surface area contributed by atoms with Gasteiger partial charge in [-0.1, -0.05) is 91.0 Å². The number of carbonyl (C=O) groups excluding carboxylic acids is 2. The lowest BCUT2D eigenvalue weighted by Crippen LogP contribution is -2.50. The molecule has 2 saturated heterocycles. The van der Waals surface area contributed by atoms with Crippen LogP contribution in [0.25, 0.3) is 0 Å². The molecule has 2 fully saturated rings. The van der Waals surface area contributed by atoms with E-state index in [1.54, 1.807) is 6.07 Å². The topological polar surface area (TPSA) is 86.3 Å². The van der Waals surface area contributed by atoms with Crippen molar-refractivity contribution in [3.63, 3.8) is 0 Å². The highest BCUT2D eigenvalue weighted by Gasteiger charge is 2.48. The van der Waals surface area contributed by atoms with Gasteiger partial charge >= 0.3 is 6.09 Å². The summed E-state index contributed by atoms with van der Waals surface area (Å²) in [7, 11) is 0. The molecule has 4 aromatic rings. The summed E-state index contributed by atoms with van der Waals surface area (Å²) in [4.78, 5) is 27.7. The zero-order valence-electron chi connectivity index (χ0n) is 23.6. The van der Waals surface area contributed by atoms with Crippen LogP contribution >= 0.6 is 12.2 Å². The van der Waals surface area contributed by atoms with Gasteiger partial charge in [-0.05, 0) is 47.5 Å². The summed E-state index contributed by atoms with van der Waals surface area (Å²) in [5.41, 5.74) is 2.69. The number of ether oxygens (including phenoxy) is 4. The van der Waals surface area contributed by atoms with Crippen LogP contribution in [0.4, 0.5) is 9.18 Å². The molecule has 0 saturated carbocycles. The molecule has 0 radical (unpaired) electrons. The molecule has 0 spiro atoms. The molecule has 224 valence electrons. The van der Waals surface area contributed by atoms with Crippen LogP contribution in [-0.2, 0) is 33.9 Å². The van der Waals surface area contributed by atoms with Crippen LogP contribution in [0, 0.1) is 5.82 Å². The lowest BCUT2D eigenvalue weighted by Gasteiger charge is -2.25. The Morgan fingerprint density at radius 2 is 1.45 bits per heavy atom. The van der Waals surface area contributed by atoms with Crippen LogP contribution < -0.4 is 14.8 Å². The van der Waals surface area contributed by atoms with Gasteiger partial charge in [0.05, 0.1) is 6.04 Å². The largest absolute Gasteiger partial charge is 0.485 e. The minimum Gasteiger partial charge on any atom is -0.485 e. The highest BCUT2D eigenvalue weighted by Crippen LogP contribution is 2.40. The van der Waals surface area contributed by atoms with E-state index in [1.165, 1.54) is 6.07 Å². The Hall–Kier alpha value is -4.96.